The highest BCUT2D eigenvalue weighted by Crippen LogP contribution is 2.28. The number of aromatic nitrogens is 1. The van der Waals surface area contributed by atoms with Crippen LogP contribution in [0.3, 0.4) is 0 Å². The number of benzene rings is 2. The molecule has 2 N–H and O–H groups in total. The molecule has 0 aliphatic heterocycles. The second kappa shape index (κ2) is 7.44. The van der Waals surface area contributed by atoms with Crippen LogP contribution in [0.5, 0.6) is 5.75 Å². The van der Waals surface area contributed by atoms with E-state index in [2.05, 4.69) is 10.3 Å². The van der Waals surface area contributed by atoms with Crippen molar-refractivity contribution in [3.63, 3.8) is 0 Å². The van der Waals surface area contributed by atoms with Crippen molar-refractivity contribution >= 4 is 17.2 Å². The van der Waals surface area contributed by atoms with Gasteiger partial charge in [-0.1, -0.05) is 12.1 Å². The molecule has 0 aliphatic rings. The number of thiazole rings is 1. The molecule has 25 heavy (non-hydrogen) atoms. The summed E-state index contributed by atoms with van der Waals surface area (Å²) in [7, 11) is 0. The number of rotatable bonds is 5. The highest BCUT2D eigenvalue weighted by Gasteiger charge is 2.16. The van der Waals surface area contributed by atoms with Gasteiger partial charge in [-0.25, -0.2) is 9.37 Å². The molecule has 0 spiro atoms. The number of aryl methyl sites for hydroxylation is 1. The van der Waals surface area contributed by atoms with Crippen LogP contribution in [-0.2, 0) is 6.42 Å². The van der Waals surface area contributed by atoms with Gasteiger partial charge in [-0.3, -0.25) is 4.79 Å². The number of aromatic hydroxyl groups is 1. The zero-order valence-corrected chi connectivity index (χ0v) is 14.4. The fraction of sp³-hybridized carbons (Fsp3) is 0.158. The van der Waals surface area contributed by atoms with Crippen molar-refractivity contribution in [2.45, 2.75) is 13.3 Å². The number of nitrogens with one attached hydrogen (secondary N) is 1. The maximum atomic E-state index is 13.0. The minimum Gasteiger partial charge on any atom is -0.508 e. The van der Waals surface area contributed by atoms with Gasteiger partial charge in [0.2, 0.25) is 0 Å². The van der Waals surface area contributed by atoms with Gasteiger partial charge >= 0.3 is 0 Å². The van der Waals surface area contributed by atoms with Gasteiger partial charge in [0, 0.05) is 12.1 Å². The van der Waals surface area contributed by atoms with Crippen LogP contribution in [-0.4, -0.2) is 22.5 Å². The van der Waals surface area contributed by atoms with Crippen LogP contribution in [0.1, 0.15) is 20.9 Å². The Hall–Kier alpha value is -2.73. The molecule has 3 rings (SSSR count). The Balaban J connectivity index is 1.64. The molecule has 128 valence electrons. The van der Waals surface area contributed by atoms with E-state index in [9.17, 15) is 14.3 Å². The number of phenolic OH excluding ortho intramolecular Hbond substituents is 1. The van der Waals surface area contributed by atoms with Crippen molar-refractivity contribution in [1.82, 2.24) is 10.3 Å². The number of nitrogens with zero attached hydrogens (tertiary/aromatic N) is 1. The van der Waals surface area contributed by atoms with Crippen LogP contribution in [0.2, 0.25) is 0 Å². The predicted octanol–water partition coefficient (Wildman–Crippen LogP) is 3.94. The Labute approximate surface area is 149 Å². The number of halogens is 1. The van der Waals surface area contributed by atoms with E-state index >= 15 is 0 Å². The zero-order valence-electron chi connectivity index (χ0n) is 13.6. The van der Waals surface area contributed by atoms with E-state index in [0.29, 0.717) is 28.5 Å². The minimum absolute atomic E-state index is 0.165. The quantitative estimate of drug-likeness (QED) is 0.728. The molecule has 0 aliphatic carbocycles. The van der Waals surface area contributed by atoms with E-state index in [-0.39, 0.29) is 17.5 Å². The summed E-state index contributed by atoms with van der Waals surface area (Å²) < 4.78 is 13.0. The van der Waals surface area contributed by atoms with Crippen molar-refractivity contribution in [2.75, 3.05) is 6.54 Å². The fourth-order valence-corrected chi connectivity index (χ4v) is 3.37. The van der Waals surface area contributed by atoms with Gasteiger partial charge in [0.25, 0.3) is 5.91 Å². The lowest BCUT2D eigenvalue weighted by Crippen LogP contribution is -2.25. The summed E-state index contributed by atoms with van der Waals surface area (Å²) in [6.07, 6.45) is 0.675. The normalized spacial score (nSPS) is 10.6. The van der Waals surface area contributed by atoms with Crippen molar-refractivity contribution in [3.8, 4) is 16.3 Å². The number of carbonyl (C=O) groups is 1. The molecule has 1 heterocycles. The van der Waals surface area contributed by atoms with Gasteiger partial charge in [0.15, 0.2) is 0 Å². The number of amides is 1. The third-order valence-electron chi connectivity index (χ3n) is 3.73. The topological polar surface area (TPSA) is 62.2 Å². The Kier molecular flexibility index (Phi) is 5.09. The predicted molar refractivity (Wildman–Crippen MR) is 96.4 cm³/mol. The van der Waals surface area contributed by atoms with E-state index in [4.69, 9.17) is 0 Å². The van der Waals surface area contributed by atoms with Crippen molar-refractivity contribution in [3.05, 3.63) is 70.5 Å². The smallest absolute Gasteiger partial charge is 0.263 e. The average Bonchev–Trinajstić information content (AvgIpc) is 2.99. The van der Waals surface area contributed by atoms with Crippen LogP contribution in [0.4, 0.5) is 4.39 Å². The van der Waals surface area contributed by atoms with Gasteiger partial charge < -0.3 is 10.4 Å². The molecule has 1 amide bonds. The molecule has 0 bridgehead atoms. The second-order valence-corrected chi connectivity index (χ2v) is 6.61. The molecular weight excluding hydrogens is 339 g/mol. The molecular formula is C19H17FN2O2S. The second-order valence-electron chi connectivity index (χ2n) is 5.61. The van der Waals surface area contributed by atoms with Gasteiger partial charge in [-0.15, -0.1) is 11.3 Å². The number of carbonyl (C=O) groups excluding carboxylic acids is 1. The molecule has 0 atom stereocenters. The largest absolute Gasteiger partial charge is 0.508 e. The van der Waals surface area contributed by atoms with Crippen LogP contribution >= 0.6 is 11.3 Å². The van der Waals surface area contributed by atoms with E-state index in [0.717, 1.165) is 11.1 Å². The minimum atomic E-state index is -0.302. The molecule has 0 saturated carbocycles. The number of hydrogen-bond acceptors (Lipinski definition) is 4. The van der Waals surface area contributed by atoms with Crippen LogP contribution < -0.4 is 5.32 Å². The first kappa shape index (κ1) is 17.1. The zero-order chi connectivity index (χ0) is 17.8. The molecule has 3 aromatic rings. The van der Waals surface area contributed by atoms with E-state index in [1.165, 1.54) is 23.5 Å². The van der Waals surface area contributed by atoms with Crippen molar-refractivity contribution < 1.29 is 14.3 Å². The van der Waals surface area contributed by atoms with Gasteiger partial charge in [0.1, 0.15) is 21.5 Å². The highest BCUT2D eigenvalue weighted by atomic mass is 32.1. The lowest BCUT2D eigenvalue weighted by Gasteiger charge is -2.04. The summed E-state index contributed by atoms with van der Waals surface area (Å²) in [6.45, 7) is 2.28. The van der Waals surface area contributed by atoms with Crippen molar-refractivity contribution in [1.29, 1.82) is 0 Å². The van der Waals surface area contributed by atoms with Crippen LogP contribution in [0.25, 0.3) is 10.6 Å². The van der Waals surface area contributed by atoms with Gasteiger partial charge in [0.05, 0.1) is 5.69 Å². The van der Waals surface area contributed by atoms with E-state index in [1.807, 2.05) is 12.1 Å². The first-order valence-electron chi connectivity index (χ1n) is 7.82. The van der Waals surface area contributed by atoms with Crippen molar-refractivity contribution in [2.24, 2.45) is 0 Å². The van der Waals surface area contributed by atoms with Gasteiger partial charge in [-0.05, 0) is 55.3 Å². The first-order valence-corrected chi connectivity index (χ1v) is 8.64. The summed E-state index contributed by atoms with van der Waals surface area (Å²) >= 11 is 1.30. The van der Waals surface area contributed by atoms with E-state index < -0.39 is 0 Å². The highest BCUT2D eigenvalue weighted by molar-refractivity contribution is 7.17. The maximum absolute atomic E-state index is 13.0. The lowest BCUT2D eigenvalue weighted by atomic mass is 10.1. The third-order valence-corrected chi connectivity index (χ3v) is 4.93. The summed E-state index contributed by atoms with van der Waals surface area (Å²) in [4.78, 5) is 17.3. The molecule has 2 aromatic carbocycles. The molecule has 0 unspecified atom stereocenters. The summed E-state index contributed by atoms with van der Waals surface area (Å²) in [6, 6.07) is 13.0. The van der Waals surface area contributed by atoms with E-state index in [1.54, 1.807) is 31.2 Å². The number of hydrogen-bond donors (Lipinski definition) is 2. The monoisotopic (exact) mass is 356 g/mol. The fourth-order valence-electron chi connectivity index (χ4n) is 2.39. The Bertz CT molecular complexity index is 873. The summed E-state index contributed by atoms with van der Waals surface area (Å²) in [5.41, 5.74) is 2.48. The van der Waals surface area contributed by atoms with Crippen LogP contribution in [0, 0.1) is 12.7 Å². The Morgan fingerprint density at radius 2 is 1.84 bits per heavy atom. The summed E-state index contributed by atoms with van der Waals surface area (Å²) in [5, 5.41) is 12.8. The number of phenols is 1. The molecule has 0 radical (unpaired) electrons. The molecule has 1 aromatic heterocycles. The maximum Gasteiger partial charge on any atom is 0.263 e. The van der Waals surface area contributed by atoms with Gasteiger partial charge in [-0.2, -0.15) is 0 Å². The first-order chi connectivity index (χ1) is 12.0. The molecule has 0 fully saturated rings. The molecule has 6 heteroatoms. The average molecular weight is 356 g/mol. The Morgan fingerprint density at radius 1 is 1.16 bits per heavy atom. The standard InChI is InChI=1S/C19H17FN2O2S/c1-12-17(25-19(22-12)14-4-6-15(20)7-5-14)18(24)21-11-10-13-2-8-16(23)9-3-13/h2-9,23H,10-11H2,1H3,(H,21,24). The SMILES string of the molecule is Cc1nc(-c2ccc(F)cc2)sc1C(=O)NCCc1ccc(O)cc1. The molecule has 0 saturated heterocycles. The summed E-state index contributed by atoms with van der Waals surface area (Å²) in [5.74, 6) is -0.243. The Morgan fingerprint density at radius 3 is 2.52 bits per heavy atom. The molecule has 4 nitrogen and oxygen atoms in total. The lowest BCUT2D eigenvalue weighted by molar-refractivity contribution is 0.0957. The third kappa shape index (κ3) is 4.22. The van der Waals surface area contributed by atoms with Crippen LogP contribution in [0.15, 0.2) is 48.5 Å².